The molecule has 152 valence electrons. The van der Waals surface area contributed by atoms with Gasteiger partial charge in [-0.25, -0.2) is 12.8 Å². The number of benzene rings is 1. The highest BCUT2D eigenvalue weighted by molar-refractivity contribution is 7.91. The van der Waals surface area contributed by atoms with Gasteiger partial charge in [-0.3, -0.25) is 4.79 Å². The maximum absolute atomic E-state index is 12.8. The van der Waals surface area contributed by atoms with Crippen LogP contribution >= 0.6 is 22.9 Å². The van der Waals surface area contributed by atoms with E-state index in [1.807, 2.05) is 0 Å². The number of halogens is 2. The van der Waals surface area contributed by atoms with Gasteiger partial charge in [0, 0.05) is 32.6 Å². The largest absolute Gasteiger partial charge is 0.494 e. The molecule has 6 nitrogen and oxygen atoms in total. The second-order valence-corrected chi connectivity index (χ2v) is 10.1. The summed E-state index contributed by atoms with van der Waals surface area (Å²) in [5.74, 6) is 0.200. The van der Waals surface area contributed by atoms with Gasteiger partial charge in [0.1, 0.15) is 15.8 Å². The van der Waals surface area contributed by atoms with E-state index in [-0.39, 0.29) is 29.0 Å². The van der Waals surface area contributed by atoms with Gasteiger partial charge in [-0.1, -0.05) is 11.6 Å². The summed E-state index contributed by atoms with van der Waals surface area (Å²) >= 11 is 6.86. The van der Waals surface area contributed by atoms with Crippen molar-refractivity contribution in [3.8, 4) is 5.75 Å². The van der Waals surface area contributed by atoms with Crippen LogP contribution in [0.15, 0.2) is 40.6 Å². The fourth-order valence-corrected chi connectivity index (χ4v) is 5.90. The van der Waals surface area contributed by atoms with Gasteiger partial charge in [0.05, 0.1) is 10.9 Å². The summed E-state index contributed by atoms with van der Waals surface area (Å²) in [6.45, 7) is 1.59. The lowest BCUT2D eigenvalue weighted by molar-refractivity contribution is -0.132. The van der Waals surface area contributed by atoms with Crippen molar-refractivity contribution in [3.63, 3.8) is 0 Å². The zero-order valence-corrected chi connectivity index (χ0v) is 17.4. The van der Waals surface area contributed by atoms with Crippen molar-refractivity contribution >= 4 is 38.9 Å². The van der Waals surface area contributed by atoms with Gasteiger partial charge in [-0.05, 0) is 42.8 Å². The summed E-state index contributed by atoms with van der Waals surface area (Å²) in [4.78, 5) is 14.0. The van der Waals surface area contributed by atoms with Crippen LogP contribution in [0.4, 0.5) is 4.39 Å². The molecule has 1 aromatic carbocycles. The van der Waals surface area contributed by atoms with Crippen LogP contribution in [-0.2, 0) is 14.8 Å². The van der Waals surface area contributed by atoms with E-state index in [9.17, 15) is 17.6 Å². The van der Waals surface area contributed by atoms with Crippen LogP contribution in [0.3, 0.4) is 0 Å². The first-order valence-electron chi connectivity index (χ1n) is 8.78. The molecule has 1 amide bonds. The normalized spacial score (nSPS) is 15.6. The number of ether oxygens (including phenoxy) is 1. The Morgan fingerprint density at radius 3 is 2.39 bits per heavy atom. The Bertz CT molecular complexity index is 910. The number of nitrogens with zero attached hydrogens (tertiary/aromatic N) is 2. The third-order valence-corrected chi connectivity index (χ3v) is 7.95. The Labute approximate surface area is 172 Å². The van der Waals surface area contributed by atoms with Crippen molar-refractivity contribution < 1.29 is 22.3 Å². The average molecular weight is 447 g/mol. The molecule has 0 spiro atoms. The third-order valence-electron chi connectivity index (χ3n) is 4.35. The standard InChI is InChI=1S/C18H20ClFN2O4S2/c19-16-7-8-18(27-16)28(24,25)22-11-9-21(10-12-22)17(23)2-1-13-26-15-5-3-14(20)4-6-15/h3-8H,1-2,9-13H2. The van der Waals surface area contributed by atoms with E-state index in [4.69, 9.17) is 16.3 Å². The number of thiophene rings is 1. The highest BCUT2D eigenvalue weighted by atomic mass is 35.5. The minimum absolute atomic E-state index is 0.0288. The molecule has 0 radical (unpaired) electrons. The lowest BCUT2D eigenvalue weighted by atomic mass is 10.2. The molecule has 28 heavy (non-hydrogen) atoms. The van der Waals surface area contributed by atoms with E-state index in [2.05, 4.69) is 0 Å². The van der Waals surface area contributed by atoms with Crippen LogP contribution in [0.2, 0.25) is 4.34 Å². The van der Waals surface area contributed by atoms with E-state index in [1.165, 1.54) is 34.6 Å². The molecular formula is C18H20ClFN2O4S2. The van der Waals surface area contributed by atoms with Crippen LogP contribution in [0.5, 0.6) is 5.75 Å². The quantitative estimate of drug-likeness (QED) is 0.612. The zero-order valence-electron chi connectivity index (χ0n) is 15.0. The maximum atomic E-state index is 12.8. The van der Waals surface area contributed by atoms with Crippen LogP contribution in [-0.4, -0.2) is 56.3 Å². The lowest BCUT2D eigenvalue weighted by Crippen LogP contribution is -2.50. The smallest absolute Gasteiger partial charge is 0.252 e. The molecule has 1 aliphatic heterocycles. The maximum Gasteiger partial charge on any atom is 0.252 e. The second-order valence-electron chi connectivity index (χ2n) is 6.25. The van der Waals surface area contributed by atoms with Gasteiger partial charge in [0.2, 0.25) is 5.91 Å². The van der Waals surface area contributed by atoms with Crippen molar-refractivity contribution in [1.82, 2.24) is 9.21 Å². The number of piperazine rings is 1. The van der Waals surface area contributed by atoms with Gasteiger partial charge in [0.15, 0.2) is 0 Å². The molecule has 0 atom stereocenters. The van der Waals surface area contributed by atoms with Gasteiger partial charge in [0.25, 0.3) is 10.0 Å². The molecule has 0 unspecified atom stereocenters. The highest BCUT2D eigenvalue weighted by Crippen LogP contribution is 2.28. The van der Waals surface area contributed by atoms with E-state index < -0.39 is 10.0 Å². The first-order valence-corrected chi connectivity index (χ1v) is 11.4. The number of rotatable bonds is 7. The molecule has 1 fully saturated rings. The van der Waals surface area contributed by atoms with Crippen molar-refractivity contribution in [2.24, 2.45) is 0 Å². The number of carbonyl (C=O) groups excluding carboxylic acids is 1. The Hall–Kier alpha value is -1.68. The molecule has 1 aliphatic rings. The summed E-state index contributed by atoms with van der Waals surface area (Å²) in [6, 6.07) is 8.78. The summed E-state index contributed by atoms with van der Waals surface area (Å²) < 4.78 is 45.5. The minimum Gasteiger partial charge on any atom is -0.494 e. The lowest BCUT2D eigenvalue weighted by Gasteiger charge is -2.33. The van der Waals surface area contributed by atoms with Gasteiger partial charge in [-0.2, -0.15) is 4.31 Å². The molecule has 2 aromatic rings. The molecule has 2 heterocycles. The Kier molecular flexibility index (Phi) is 6.92. The number of hydrogen-bond acceptors (Lipinski definition) is 5. The average Bonchev–Trinajstić information content (AvgIpc) is 3.14. The third kappa shape index (κ3) is 5.22. The van der Waals surface area contributed by atoms with Gasteiger partial charge >= 0.3 is 0 Å². The van der Waals surface area contributed by atoms with E-state index >= 15 is 0 Å². The molecule has 0 aliphatic carbocycles. The Balaban J connectivity index is 1.41. The van der Waals surface area contributed by atoms with Gasteiger partial charge in [-0.15, -0.1) is 11.3 Å². The van der Waals surface area contributed by atoms with Crippen LogP contribution in [0.25, 0.3) is 0 Å². The summed E-state index contributed by atoms with van der Waals surface area (Å²) in [7, 11) is -3.56. The predicted octanol–water partition coefficient (Wildman–Crippen LogP) is 3.23. The van der Waals surface area contributed by atoms with Crippen molar-refractivity contribution in [2.75, 3.05) is 32.8 Å². The van der Waals surface area contributed by atoms with Crippen LogP contribution in [0, 0.1) is 5.82 Å². The fourth-order valence-electron chi connectivity index (χ4n) is 2.84. The number of amides is 1. The van der Waals surface area contributed by atoms with Crippen LogP contribution in [0.1, 0.15) is 12.8 Å². The predicted molar refractivity (Wildman–Crippen MR) is 106 cm³/mol. The second kappa shape index (κ2) is 9.21. The topological polar surface area (TPSA) is 66.9 Å². The molecule has 0 saturated carbocycles. The van der Waals surface area contributed by atoms with Gasteiger partial charge < -0.3 is 9.64 Å². The SMILES string of the molecule is O=C(CCCOc1ccc(F)cc1)N1CCN(S(=O)(=O)c2ccc(Cl)s2)CC1. The van der Waals surface area contributed by atoms with E-state index in [0.29, 0.717) is 42.6 Å². The summed E-state index contributed by atoms with van der Waals surface area (Å²) in [5, 5.41) is 0. The van der Waals surface area contributed by atoms with Crippen molar-refractivity contribution in [3.05, 3.63) is 46.6 Å². The zero-order chi connectivity index (χ0) is 20.1. The first kappa shape index (κ1) is 21.0. The number of hydrogen-bond donors (Lipinski definition) is 0. The Morgan fingerprint density at radius 1 is 1.11 bits per heavy atom. The number of carbonyl (C=O) groups is 1. The number of sulfonamides is 1. The molecule has 0 N–H and O–H groups in total. The summed E-state index contributed by atoms with van der Waals surface area (Å²) in [5.41, 5.74) is 0. The monoisotopic (exact) mass is 446 g/mol. The molecule has 3 rings (SSSR count). The van der Waals surface area contributed by atoms with Crippen molar-refractivity contribution in [1.29, 1.82) is 0 Å². The molecule has 1 aromatic heterocycles. The minimum atomic E-state index is -3.56. The fraction of sp³-hybridized carbons (Fsp3) is 0.389. The van der Waals surface area contributed by atoms with Crippen LogP contribution < -0.4 is 4.74 Å². The molecule has 0 bridgehead atoms. The summed E-state index contributed by atoms with van der Waals surface area (Å²) in [6.07, 6.45) is 0.844. The molecular weight excluding hydrogens is 427 g/mol. The Morgan fingerprint density at radius 2 is 1.79 bits per heavy atom. The molecule has 1 saturated heterocycles. The first-order chi connectivity index (χ1) is 13.4. The highest BCUT2D eigenvalue weighted by Gasteiger charge is 2.30. The van der Waals surface area contributed by atoms with E-state index in [0.717, 1.165) is 11.3 Å². The molecule has 10 heteroatoms. The van der Waals surface area contributed by atoms with E-state index in [1.54, 1.807) is 11.0 Å². The van der Waals surface area contributed by atoms with Crippen molar-refractivity contribution in [2.45, 2.75) is 17.1 Å².